The number of carboxylic acid groups (broad SMARTS) is 2. The van der Waals surface area contributed by atoms with E-state index in [-0.39, 0.29) is 23.7 Å². The van der Waals surface area contributed by atoms with Crippen LogP contribution in [0.2, 0.25) is 0 Å². The Morgan fingerprint density at radius 1 is 1.00 bits per heavy atom. The minimum atomic E-state index is -0.772. The zero-order chi connectivity index (χ0) is 8.88. The van der Waals surface area contributed by atoms with Gasteiger partial charge in [0.1, 0.15) is 0 Å². The van der Waals surface area contributed by atoms with E-state index in [1.165, 1.54) is 0 Å². The molecule has 2 fully saturated rings. The summed E-state index contributed by atoms with van der Waals surface area (Å²) in [4.78, 5) is 21.0. The molecule has 2 aliphatic carbocycles. The molecular formula is C8H10O4. The van der Waals surface area contributed by atoms with Crippen LogP contribution in [0.3, 0.4) is 0 Å². The van der Waals surface area contributed by atoms with Crippen LogP contribution in [0.15, 0.2) is 0 Å². The fourth-order valence-electron chi connectivity index (χ4n) is 2.41. The Hall–Kier alpha value is -1.06. The third kappa shape index (κ3) is 0.906. The molecule has 0 aromatic heterocycles. The summed E-state index contributed by atoms with van der Waals surface area (Å²) in [6, 6.07) is 0. The normalized spacial score (nSPS) is 43.7. The number of carbonyl (C=O) groups is 2. The molecule has 2 rings (SSSR count). The number of hydrogen-bond acceptors (Lipinski definition) is 2. The molecule has 4 atom stereocenters. The summed E-state index contributed by atoms with van der Waals surface area (Å²) in [5.41, 5.74) is 0. The Balaban J connectivity index is 1.94. The van der Waals surface area contributed by atoms with E-state index in [0.29, 0.717) is 12.8 Å². The van der Waals surface area contributed by atoms with Crippen molar-refractivity contribution in [3.63, 3.8) is 0 Å². The van der Waals surface area contributed by atoms with E-state index in [0.717, 1.165) is 0 Å². The van der Waals surface area contributed by atoms with Gasteiger partial charge in [0.25, 0.3) is 0 Å². The second kappa shape index (κ2) is 2.21. The number of fused-ring (bicyclic) bond motifs is 1. The number of aliphatic carboxylic acids is 2. The van der Waals surface area contributed by atoms with Gasteiger partial charge in [0.2, 0.25) is 0 Å². The number of hydrogen-bond donors (Lipinski definition) is 2. The fourth-order valence-corrected chi connectivity index (χ4v) is 2.41. The lowest BCUT2D eigenvalue weighted by Gasteiger charge is -2.05. The summed E-state index contributed by atoms with van der Waals surface area (Å²) in [7, 11) is 0. The van der Waals surface area contributed by atoms with Crippen LogP contribution < -0.4 is 0 Å². The van der Waals surface area contributed by atoms with Gasteiger partial charge >= 0.3 is 11.9 Å². The minimum absolute atomic E-state index is 0.156. The van der Waals surface area contributed by atoms with Crippen molar-refractivity contribution in [3.05, 3.63) is 0 Å². The highest BCUT2D eigenvalue weighted by molar-refractivity contribution is 5.77. The fraction of sp³-hybridized carbons (Fsp3) is 0.750. The summed E-state index contributed by atoms with van der Waals surface area (Å²) in [6.07, 6.45) is 1.13. The summed E-state index contributed by atoms with van der Waals surface area (Å²) < 4.78 is 0. The number of carboxylic acids is 2. The van der Waals surface area contributed by atoms with Gasteiger partial charge in [-0.15, -0.1) is 0 Å². The Bertz CT molecular complexity index is 223. The molecule has 2 N–H and O–H groups in total. The van der Waals surface area contributed by atoms with Gasteiger partial charge < -0.3 is 10.2 Å². The van der Waals surface area contributed by atoms with Crippen LogP contribution in [0.1, 0.15) is 12.8 Å². The summed E-state index contributed by atoms with van der Waals surface area (Å²) in [5.74, 6) is -1.73. The van der Waals surface area contributed by atoms with Gasteiger partial charge in [0, 0.05) is 0 Å². The van der Waals surface area contributed by atoms with E-state index < -0.39 is 11.9 Å². The topological polar surface area (TPSA) is 74.6 Å². The van der Waals surface area contributed by atoms with E-state index in [1.54, 1.807) is 0 Å². The van der Waals surface area contributed by atoms with Gasteiger partial charge in [-0.3, -0.25) is 9.59 Å². The average molecular weight is 170 g/mol. The molecule has 0 aliphatic heterocycles. The van der Waals surface area contributed by atoms with Crippen molar-refractivity contribution in [1.29, 1.82) is 0 Å². The van der Waals surface area contributed by atoms with Crippen LogP contribution in [0.4, 0.5) is 0 Å². The first-order valence-electron chi connectivity index (χ1n) is 4.07. The molecule has 2 saturated carbocycles. The molecule has 0 aromatic rings. The second-order valence-electron chi connectivity index (χ2n) is 3.70. The van der Waals surface area contributed by atoms with Crippen LogP contribution >= 0.6 is 0 Å². The largest absolute Gasteiger partial charge is 0.481 e. The van der Waals surface area contributed by atoms with E-state index in [1.807, 2.05) is 0 Å². The molecule has 0 bridgehead atoms. The Labute approximate surface area is 69.2 Å². The summed E-state index contributed by atoms with van der Waals surface area (Å²) in [5, 5.41) is 17.3. The van der Waals surface area contributed by atoms with Gasteiger partial charge in [0.05, 0.1) is 11.8 Å². The quantitative estimate of drug-likeness (QED) is 0.630. The lowest BCUT2D eigenvalue weighted by molar-refractivity contribution is -0.144. The van der Waals surface area contributed by atoms with Gasteiger partial charge in [-0.1, -0.05) is 0 Å². The Morgan fingerprint density at radius 3 is 1.83 bits per heavy atom. The van der Waals surface area contributed by atoms with Crippen LogP contribution in [-0.4, -0.2) is 22.2 Å². The molecule has 4 heteroatoms. The zero-order valence-corrected chi connectivity index (χ0v) is 6.43. The van der Waals surface area contributed by atoms with Crippen molar-refractivity contribution in [2.45, 2.75) is 12.8 Å². The molecule has 2 aliphatic rings. The number of rotatable bonds is 2. The van der Waals surface area contributed by atoms with Gasteiger partial charge in [-0.2, -0.15) is 0 Å². The highest BCUT2D eigenvalue weighted by atomic mass is 16.4. The van der Waals surface area contributed by atoms with Crippen LogP contribution in [0, 0.1) is 23.7 Å². The van der Waals surface area contributed by atoms with E-state index in [4.69, 9.17) is 10.2 Å². The standard InChI is InChI=1S/C8H10O4/c9-7(10)3-1-4-5(2-3)6(4)8(11)12/h3-6H,1-2H2,(H,9,10)(H,11,12)/t3-,4+,5-,6-. The molecule has 0 radical (unpaired) electrons. The molecule has 12 heavy (non-hydrogen) atoms. The van der Waals surface area contributed by atoms with Gasteiger partial charge in [0.15, 0.2) is 0 Å². The maximum atomic E-state index is 10.5. The summed E-state index contributed by atoms with van der Waals surface area (Å²) >= 11 is 0. The second-order valence-corrected chi connectivity index (χ2v) is 3.70. The molecule has 0 aromatic carbocycles. The molecule has 0 unspecified atom stereocenters. The average Bonchev–Trinajstić information content (AvgIpc) is 2.48. The maximum Gasteiger partial charge on any atom is 0.307 e. The molecule has 66 valence electrons. The first kappa shape index (κ1) is 7.58. The van der Waals surface area contributed by atoms with Crippen LogP contribution in [0.5, 0.6) is 0 Å². The lowest BCUT2D eigenvalue weighted by atomic mass is 10.0. The molecule has 0 spiro atoms. The van der Waals surface area contributed by atoms with Gasteiger partial charge in [-0.05, 0) is 24.7 Å². The molecular weight excluding hydrogens is 160 g/mol. The first-order valence-corrected chi connectivity index (χ1v) is 4.07. The predicted octanol–water partition coefficient (Wildman–Crippen LogP) is 0.428. The predicted molar refractivity (Wildman–Crippen MR) is 38.5 cm³/mol. The SMILES string of the molecule is O=C(O)[C@H]1C[C@@H]2[C@H](C1)[C@H]2C(=O)O. The zero-order valence-electron chi connectivity index (χ0n) is 6.43. The van der Waals surface area contributed by atoms with Crippen molar-refractivity contribution in [3.8, 4) is 0 Å². The van der Waals surface area contributed by atoms with E-state index in [2.05, 4.69) is 0 Å². The van der Waals surface area contributed by atoms with Crippen molar-refractivity contribution < 1.29 is 19.8 Å². The van der Waals surface area contributed by atoms with E-state index in [9.17, 15) is 9.59 Å². The first-order chi connectivity index (χ1) is 5.61. The minimum Gasteiger partial charge on any atom is -0.481 e. The third-order valence-corrected chi connectivity index (χ3v) is 3.08. The Morgan fingerprint density at radius 2 is 1.50 bits per heavy atom. The van der Waals surface area contributed by atoms with Crippen molar-refractivity contribution in [2.24, 2.45) is 23.7 Å². The van der Waals surface area contributed by atoms with Crippen molar-refractivity contribution in [1.82, 2.24) is 0 Å². The third-order valence-electron chi connectivity index (χ3n) is 3.08. The highest BCUT2D eigenvalue weighted by Gasteiger charge is 2.61. The summed E-state index contributed by atoms with van der Waals surface area (Å²) in [6.45, 7) is 0. The van der Waals surface area contributed by atoms with E-state index >= 15 is 0 Å². The molecule has 0 saturated heterocycles. The monoisotopic (exact) mass is 170 g/mol. The smallest absolute Gasteiger partial charge is 0.307 e. The highest BCUT2D eigenvalue weighted by Crippen LogP contribution is 2.59. The maximum absolute atomic E-state index is 10.5. The van der Waals surface area contributed by atoms with Crippen molar-refractivity contribution >= 4 is 11.9 Å². The van der Waals surface area contributed by atoms with Gasteiger partial charge in [-0.25, -0.2) is 0 Å². The van der Waals surface area contributed by atoms with Crippen molar-refractivity contribution in [2.75, 3.05) is 0 Å². The van der Waals surface area contributed by atoms with Crippen LogP contribution in [0.25, 0.3) is 0 Å². The molecule has 0 heterocycles. The lowest BCUT2D eigenvalue weighted by Crippen LogP contribution is -2.15. The molecule has 4 nitrogen and oxygen atoms in total. The van der Waals surface area contributed by atoms with Crippen LogP contribution in [-0.2, 0) is 9.59 Å². The molecule has 0 amide bonds. The Kier molecular flexibility index (Phi) is 1.40.